The zero-order chi connectivity index (χ0) is 52.9. The van der Waals surface area contributed by atoms with Crippen molar-refractivity contribution in [3.63, 3.8) is 0 Å². The van der Waals surface area contributed by atoms with Gasteiger partial charge in [0.25, 0.3) is 11.8 Å². The lowest BCUT2D eigenvalue weighted by Gasteiger charge is -2.42. The van der Waals surface area contributed by atoms with Crippen molar-refractivity contribution in [3.8, 4) is 17.8 Å². The van der Waals surface area contributed by atoms with Crippen molar-refractivity contribution >= 4 is 68.8 Å². The van der Waals surface area contributed by atoms with Crippen molar-refractivity contribution in [3.05, 3.63) is 136 Å². The number of rotatable bonds is 12. The molecule has 75 heavy (non-hydrogen) atoms. The Kier molecular flexibility index (Phi) is 13.5. The van der Waals surface area contributed by atoms with Gasteiger partial charge < -0.3 is 35.4 Å². The van der Waals surface area contributed by atoms with Crippen molar-refractivity contribution in [2.45, 2.75) is 64.7 Å². The fourth-order valence-corrected chi connectivity index (χ4v) is 11.2. The van der Waals surface area contributed by atoms with E-state index in [1.165, 1.54) is 24.3 Å². The van der Waals surface area contributed by atoms with E-state index in [2.05, 4.69) is 38.9 Å². The van der Waals surface area contributed by atoms with Gasteiger partial charge in [-0.3, -0.25) is 19.2 Å². The molecular formula is C55H53ClF3N11O5. The van der Waals surface area contributed by atoms with E-state index in [0.29, 0.717) is 80.7 Å². The molecule has 3 aliphatic heterocycles. The number of fused-ring (bicyclic) bond motifs is 3. The van der Waals surface area contributed by atoms with Gasteiger partial charge in [-0.05, 0) is 90.7 Å². The average molecular weight is 1040 g/mol. The molecule has 4 aromatic carbocycles. The van der Waals surface area contributed by atoms with Crippen LogP contribution in [-0.4, -0.2) is 105 Å². The molecular weight excluding hydrogens is 987 g/mol. The lowest BCUT2D eigenvalue weighted by molar-refractivity contribution is -0.141. The number of likely N-dealkylation sites (tertiary alicyclic amines) is 1. The van der Waals surface area contributed by atoms with Crippen LogP contribution in [0.2, 0.25) is 5.02 Å². The van der Waals surface area contributed by atoms with E-state index in [9.17, 15) is 37.6 Å². The molecule has 0 saturated carbocycles. The van der Waals surface area contributed by atoms with Crippen LogP contribution in [0.5, 0.6) is 6.01 Å². The Morgan fingerprint density at radius 3 is 2.49 bits per heavy atom. The zero-order valence-corrected chi connectivity index (χ0v) is 42.0. The van der Waals surface area contributed by atoms with Gasteiger partial charge in [0.15, 0.2) is 11.5 Å². The third-order valence-corrected chi connectivity index (χ3v) is 14.8. The summed E-state index contributed by atoms with van der Waals surface area (Å²) in [6.07, 6.45) is -2.05. The topological polar surface area (TPSA) is 196 Å². The molecule has 1 aliphatic carbocycles. The van der Waals surface area contributed by atoms with E-state index in [1.807, 2.05) is 44.2 Å². The first kappa shape index (κ1) is 50.5. The van der Waals surface area contributed by atoms with Crippen molar-refractivity contribution < 1.29 is 37.1 Å². The number of aromatic nitrogens is 4. The molecule has 16 nitrogen and oxygen atoms in total. The molecule has 2 fully saturated rings. The summed E-state index contributed by atoms with van der Waals surface area (Å²) < 4.78 is 50.2. The molecule has 4 aliphatic rings. The molecule has 3 amide bonds. The molecule has 3 N–H and O–H groups in total. The van der Waals surface area contributed by atoms with Gasteiger partial charge in [-0.2, -0.15) is 33.5 Å². The number of amides is 3. The number of carbonyl (C=O) groups excluding carboxylic acids is 4. The predicted octanol–water partition coefficient (Wildman–Crippen LogP) is 8.71. The molecule has 2 atom stereocenters. The van der Waals surface area contributed by atoms with Gasteiger partial charge in [-0.1, -0.05) is 56.3 Å². The van der Waals surface area contributed by atoms with Crippen LogP contribution in [0, 0.1) is 22.7 Å². The molecule has 5 heterocycles. The molecule has 0 spiro atoms. The summed E-state index contributed by atoms with van der Waals surface area (Å²) in [5.74, 6) is -1.18. The number of nitrogens with zero attached hydrogens (tertiary/aromatic N) is 9. The van der Waals surface area contributed by atoms with E-state index in [0.717, 1.165) is 32.4 Å². The normalized spacial score (nSPS) is 18.3. The number of ether oxygens (including phenoxy) is 1. The highest BCUT2D eigenvalue weighted by Crippen LogP contribution is 2.43. The molecule has 2 saturated heterocycles. The number of piperazine rings is 1. The number of Topliss-reactive ketones (excluding diaryl/α,β-unsaturated/α-hetero) is 1. The molecule has 0 bridgehead atoms. The maximum absolute atomic E-state index is 14.2. The minimum absolute atomic E-state index is 0.0444. The number of halogens is 4. The SMILES string of the molecule is C=CC(=O)N1CCN(c2nc(OC[C@@H]3CCN(C(=O)c4ccc(Nc5cc(-n6nc(C(F)(F)F)c7c6CC(C)(C)CC7=O)ccc5C(N)=O)cc4)C3)nc3c2CCN(c2cccc4cccc(Cl)c24)C3)C[C@@H]1CC#N. The zero-order valence-electron chi connectivity index (χ0n) is 41.3. The van der Waals surface area contributed by atoms with Gasteiger partial charge in [-0.15, -0.1) is 0 Å². The number of anilines is 4. The number of nitrogens with two attached hydrogens (primary N) is 1. The Morgan fingerprint density at radius 2 is 1.76 bits per heavy atom. The van der Waals surface area contributed by atoms with Crippen molar-refractivity contribution in [1.82, 2.24) is 29.5 Å². The predicted molar refractivity (Wildman–Crippen MR) is 277 cm³/mol. The van der Waals surface area contributed by atoms with Crippen molar-refractivity contribution in [2.24, 2.45) is 17.1 Å². The number of hydrogen-bond donors (Lipinski definition) is 2. The second-order valence-corrected chi connectivity index (χ2v) is 20.7. The molecule has 10 rings (SSSR count). The summed E-state index contributed by atoms with van der Waals surface area (Å²) in [6, 6.07) is 24.9. The second-order valence-electron chi connectivity index (χ2n) is 20.3. The van der Waals surface area contributed by atoms with Crippen LogP contribution in [0.15, 0.2) is 91.5 Å². The average Bonchev–Trinajstić information content (AvgIpc) is 4.04. The van der Waals surface area contributed by atoms with Gasteiger partial charge in [-0.25, -0.2) is 4.68 Å². The largest absolute Gasteiger partial charge is 0.463 e. The number of carbonyl (C=O) groups is 4. The van der Waals surface area contributed by atoms with Crippen LogP contribution in [0.25, 0.3) is 16.5 Å². The lowest BCUT2D eigenvalue weighted by atomic mass is 9.75. The number of primary amides is 1. The highest BCUT2D eigenvalue weighted by molar-refractivity contribution is 6.36. The van der Waals surface area contributed by atoms with E-state index in [4.69, 9.17) is 32.0 Å². The van der Waals surface area contributed by atoms with Crippen LogP contribution < -0.4 is 25.6 Å². The Hall–Kier alpha value is -7.98. The minimum Gasteiger partial charge on any atom is -0.463 e. The first-order valence-electron chi connectivity index (χ1n) is 24.7. The number of alkyl halides is 3. The number of hydrogen-bond acceptors (Lipinski definition) is 12. The number of nitriles is 1. The van der Waals surface area contributed by atoms with Crippen LogP contribution in [-0.2, 0) is 30.4 Å². The van der Waals surface area contributed by atoms with Crippen LogP contribution >= 0.6 is 11.6 Å². The van der Waals surface area contributed by atoms with E-state index in [1.54, 1.807) is 34.1 Å². The van der Waals surface area contributed by atoms with E-state index in [-0.39, 0.29) is 78.3 Å². The Balaban J connectivity index is 0.845. The lowest BCUT2D eigenvalue weighted by Crippen LogP contribution is -2.55. The smallest absolute Gasteiger partial charge is 0.435 e. The maximum Gasteiger partial charge on any atom is 0.435 e. The second kappa shape index (κ2) is 20.0. The van der Waals surface area contributed by atoms with Crippen molar-refractivity contribution in [2.75, 3.05) is 61.0 Å². The van der Waals surface area contributed by atoms with Crippen molar-refractivity contribution in [1.29, 1.82) is 5.26 Å². The van der Waals surface area contributed by atoms with Gasteiger partial charge in [0.05, 0.1) is 70.6 Å². The summed E-state index contributed by atoms with van der Waals surface area (Å²) in [5, 5.41) is 19.4. The third kappa shape index (κ3) is 10.1. The molecule has 20 heteroatoms. The Morgan fingerprint density at radius 1 is 0.987 bits per heavy atom. The minimum atomic E-state index is -4.87. The number of ketones is 1. The summed E-state index contributed by atoms with van der Waals surface area (Å²) in [6.45, 7) is 10.8. The standard InChI is InChI=1S/C55H53ClF3N11O5/c1-4-46(72)69-24-23-67(29-37(69)17-20-60)51-39-19-22-66(43-10-6-8-33-7-5-9-40(56)47(33)43)30-42(39)63-53(64-51)75-31-32-18-21-68(28-32)52(74)34-11-13-35(14-12-34)62-41-25-36(15-16-38(41)50(61)73)70-44-26-54(2,3)27-45(71)48(44)49(65-70)55(57,58)59/h4-16,25,32,37,62H,1,17-19,21-24,26-31H2,2-3H3,(H2,61,73)/t32-,37+/m1/s1. The van der Waals surface area contributed by atoms with Gasteiger partial charge in [0.1, 0.15) is 5.82 Å². The summed E-state index contributed by atoms with van der Waals surface area (Å²) >= 11 is 6.78. The Bertz CT molecular complexity index is 3330. The Labute approximate surface area is 435 Å². The summed E-state index contributed by atoms with van der Waals surface area (Å²) in [7, 11) is 0. The first-order chi connectivity index (χ1) is 35.9. The fourth-order valence-electron chi connectivity index (χ4n) is 10.9. The molecule has 0 unspecified atom stereocenters. The molecule has 2 aromatic heterocycles. The molecule has 386 valence electrons. The van der Waals surface area contributed by atoms with Gasteiger partial charge in [0, 0.05) is 79.5 Å². The maximum atomic E-state index is 14.2. The van der Waals surface area contributed by atoms with E-state index >= 15 is 0 Å². The number of benzene rings is 4. The van der Waals surface area contributed by atoms with Gasteiger partial charge in [0.2, 0.25) is 5.91 Å². The summed E-state index contributed by atoms with van der Waals surface area (Å²) in [5.41, 5.74) is 7.63. The molecule has 6 aromatic rings. The quantitative estimate of drug-likeness (QED) is 0.111. The van der Waals surface area contributed by atoms with Crippen LogP contribution in [0.3, 0.4) is 0 Å². The number of nitrogens with one attached hydrogen (secondary N) is 1. The van der Waals surface area contributed by atoms with Crippen LogP contribution in [0.1, 0.15) is 86.8 Å². The fraction of sp³-hybridized carbons (Fsp3) is 0.345. The van der Waals surface area contributed by atoms with Crippen LogP contribution in [0.4, 0.5) is 36.1 Å². The monoisotopic (exact) mass is 1040 g/mol. The van der Waals surface area contributed by atoms with E-state index < -0.39 is 34.5 Å². The highest BCUT2D eigenvalue weighted by Gasteiger charge is 2.46. The third-order valence-electron chi connectivity index (χ3n) is 14.5. The highest BCUT2D eigenvalue weighted by atomic mass is 35.5. The first-order valence-corrected chi connectivity index (χ1v) is 25.1. The summed E-state index contributed by atoms with van der Waals surface area (Å²) in [4.78, 5) is 70.2. The van der Waals surface area contributed by atoms with Gasteiger partial charge >= 0.3 is 12.2 Å². The molecule has 0 radical (unpaired) electrons.